The molecule has 2 aromatic rings. The van der Waals surface area contributed by atoms with Crippen LogP contribution in [0.1, 0.15) is 45.5 Å². The molecule has 1 amide bonds. The zero-order valence-electron chi connectivity index (χ0n) is 14.5. The molecule has 6 nitrogen and oxygen atoms in total. The molecule has 1 saturated heterocycles. The van der Waals surface area contributed by atoms with E-state index < -0.39 is 35.2 Å². The number of H-pyrrole nitrogens is 1. The van der Waals surface area contributed by atoms with Crippen LogP contribution in [0.5, 0.6) is 0 Å². The summed E-state index contributed by atoms with van der Waals surface area (Å²) in [6.07, 6.45) is -1.61. The number of hydrogen-bond donors (Lipinski definition) is 2. The molecule has 0 spiro atoms. The molecule has 2 N–H and O–H groups in total. The number of nitrogens with zero attached hydrogens (tertiary/aromatic N) is 2. The quantitative estimate of drug-likeness (QED) is 0.686. The Morgan fingerprint density at radius 1 is 1.50 bits per heavy atom. The summed E-state index contributed by atoms with van der Waals surface area (Å²) >= 11 is 4.60. The number of hydrogen-bond acceptors (Lipinski definition) is 4. The van der Waals surface area contributed by atoms with E-state index in [4.69, 9.17) is 0 Å². The molecule has 2 bridgehead atoms. The monoisotopic (exact) mass is 443 g/mol. The highest BCUT2D eigenvalue weighted by atomic mass is 79.9. The SMILES string of the molecule is CC(C)(C)[C@]12C[C@H]([C@@H](c3nc4cc(Br)sc4c(=O)[nH]3)N1C(=O)O)[C@@H](F)C2. The summed E-state index contributed by atoms with van der Waals surface area (Å²) in [5.74, 6) is -0.276. The second-order valence-electron chi connectivity index (χ2n) is 8.18. The Balaban J connectivity index is 1.91. The number of halogens is 2. The third-order valence-electron chi connectivity index (χ3n) is 5.97. The summed E-state index contributed by atoms with van der Waals surface area (Å²) in [6.45, 7) is 5.82. The first-order valence-electron chi connectivity index (χ1n) is 8.41. The predicted molar refractivity (Wildman–Crippen MR) is 100 cm³/mol. The van der Waals surface area contributed by atoms with Gasteiger partial charge in [-0.1, -0.05) is 20.8 Å². The van der Waals surface area contributed by atoms with Crippen LogP contribution >= 0.6 is 27.3 Å². The van der Waals surface area contributed by atoms with Gasteiger partial charge in [-0.05, 0) is 33.8 Å². The molecule has 1 saturated carbocycles. The molecular weight excluding hydrogens is 425 g/mol. The minimum Gasteiger partial charge on any atom is -0.465 e. The number of aromatic nitrogens is 2. The number of alkyl halides is 1. The van der Waals surface area contributed by atoms with Crippen molar-refractivity contribution in [2.45, 2.75) is 51.4 Å². The van der Waals surface area contributed by atoms with E-state index in [0.29, 0.717) is 16.6 Å². The predicted octanol–water partition coefficient (Wildman–Crippen LogP) is 4.31. The van der Waals surface area contributed by atoms with Gasteiger partial charge in [-0.15, -0.1) is 11.3 Å². The number of rotatable bonds is 1. The van der Waals surface area contributed by atoms with Crippen molar-refractivity contribution in [3.05, 3.63) is 26.0 Å². The molecule has 1 aliphatic heterocycles. The van der Waals surface area contributed by atoms with Crippen LogP contribution in [0.4, 0.5) is 9.18 Å². The van der Waals surface area contributed by atoms with E-state index in [9.17, 15) is 19.1 Å². The van der Waals surface area contributed by atoms with Crippen molar-refractivity contribution in [3.63, 3.8) is 0 Å². The number of thiophene rings is 1. The molecule has 0 aromatic carbocycles. The molecule has 140 valence electrons. The van der Waals surface area contributed by atoms with Gasteiger partial charge in [0.25, 0.3) is 5.56 Å². The van der Waals surface area contributed by atoms with E-state index in [2.05, 4.69) is 25.9 Å². The van der Waals surface area contributed by atoms with Gasteiger partial charge in [-0.3, -0.25) is 9.69 Å². The number of likely N-dealkylation sites (tertiary alicyclic amines) is 1. The molecule has 2 aliphatic rings. The van der Waals surface area contributed by atoms with Crippen molar-refractivity contribution >= 4 is 43.6 Å². The Bertz CT molecular complexity index is 968. The fourth-order valence-electron chi connectivity index (χ4n) is 4.71. The number of piperidine rings is 1. The number of carboxylic acid groups (broad SMARTS) is 1. The van der Waals surface area contributed by atoms with Crippen LogP contribution in [0.25, 0.3) is 10.2 Å². The van der Waals surface area contributed by atoms with Crippen LogP contribution in [0.3, 0.4) is 0 Å². The lowest BCUT2D eigenvalue weighted by Gasteiger charge is -2.49. The largest absolute Gasteiger partial charge is 0.465 e. The maximum atomic E-state index is 14.8. The average Bonchev–Trinajstić information content (AvgIpc) is 3.15. The molecule has 2 aromatic heterocycles. The molecular formula is C17H19BrFN3O3S. The minimum atomic E-state index is -1.12. The maximum absolute atomic E-state index is 14.8. The molecule has 0 radical (unpaired) electrons. The van der Waals surface area contributed by atoms with Crippen molar-refractivity contribution in [1.82, 2.24) is 14.9 Å². The number of fused-ring (bicyclic) bond motifs is 3. The molecule has 4 atom stereocenters. The molecule has 4 rings (SSSR count). The molecule has 1 aliphatic carbocycles. The van der Waals surface area contributed by atoms with Crippen molar-refractivity contribution in [1.29, 1.82) is 0 Å². The van der Waals surface area contributed by atoms with Gasteiger partial charge in [0, 0.05) is 12.3 Å². The van der Waals surface area contributed by atoms with E-state index >= 15 is 0 Å². The highest BCUT2D eigenvalue weighted by Gasteiger charge is 2.67. The van der Waals surface area contributed by atoms with Gasteiger partial charge in [-0.25, -0.2) is 14.2 Å². The number of nitrogens with one attached hydrogen (secondary N) is 1. The lowest BCUT2D eigenvalue weighted by atomic mass is 9.72. The van der Waals surface area contributed by atoms with Gasteiger partial charge in [0.2, 0.25) is 0 Å². The van der Waals surface area contributed by atoms with Crippen LogP contribution in [0, 0.1) is 11.3 Å². The summed E-state index contributed by atoms with van der Waals surface area (Å²) < 4.78 is 16.1. The first-order chi connectivity index (χ1) is 12.0. The zero-order valence-corrected chi connectivity index (χ0v) is 16.9. The first-order valence-corrected chi connectivity index (χ1v) is 10.0. The topological polar surface area (TPSA) is 86.3 Å². The van der Waals surface area contributed by atoms with Gasteiger partial charge < -0.3 is 10.1 Å². The number of carbonyl (C=O) groups is 1. The van der Waals surface area contributed by atoms with Gasteiger partial charge in [0.1, 0.15) is 16.7 Å². The van der Waals surface area contributed by atoms with E-state index in [-0.39, 0.29) is 17.8 Å². The second-order valence-corrected chi connectivity index (χ2v) is 10.6. The molecule has 26 heavy (non-hydrogen) atoms. The Morgan fingerprint density at radius 2 is 2.19 bits per heavy atom. The van der Waals surface area contributed by atoms with Gasteiger partial charge in [-0.2, -0.15) is 0 Å². The third kappa shape index (κ3) is 2.29. The fraction of sp³-hybridized carbons (Fsp3) is 0.588. The lowest BCUT2D eigenvalue weighted by Crippen LogP contribution is -2.58. The average molecular weight is 444 g/mol. The van der Waals surface area contributed by atoms with E-state index in [1.54, 1.807) is 6.07 Å². The van der Waals surface area contributed by atoms with E-state index in [1.807, 2.05) is 20.8 Å². The van der Waals surface area contributed by atoms with Crippen molar-refractivity contribution in [2.75, 3.05) is 0 Å². The van der Waals surface area contributed by atoms with Gasteiger partial charge in [0.15, 0.2) is 0 Å². The highest BCUT2D eigenvalue weighted by Crippen LogP contribution is 2.62. The van der Waals surface area contributed by atoms with E-state index in [0.717, 1.165) is 3.79 Å². The smallest absolute Gasteiger partial charge is 0.408 e. The summed E-state index contributed by atoms with van der Waals surface area (Å²) in [7, 11) is 0. The summed E-state index contributed by atoms with van der Waals surface area (Å²) in [5, 5.41) is 9.95. The Labute approximate surface area is 161 Å². The van der Waals surface area contributed by atoms with Gasteiger partial charge >= 0.3 is 6.09 Å². The number of aromatic amines is 1. The van der Waals surface area contributed by atoms with Crippen LogP contribution in [0.2, 0.25) is 0 Å². The molecule has 3 heterocycles. The maximum Gasteiger partial charge on any atom is 0.408 e. The van der Waals surface area contributed by atoms with Crippen LogP contribution < -0.4 is 5.56 Å². The molecule has 2 fully saturated rings. The van der Waals surface area contributed by atoms with Gasteiger partial charge in [0.05, 0.1) is 20.9 Å². The van der Waals surface area contributed by atoms with Crippen LogP contribution in [0.15, 0.2) is 14.6 Å². The fourth-order valence-corrected chi connectivity index (χ4v) is 6.13. The lowest BCUT2D eigenvalue weighted by molar-refractivity contribution is -0.0239. The standard InChI is InChI=1S/C17H19BrFN3O3S/c1-16(2,3)17-5-7(8(19)6-17)11(22(17)15(24)25)13-20-9-4-10(18)26-12(9)14(23)21-13/h4,7-8,11H,5-6H2,1-3H3,(H,24,25)(H,20,21,23)/t7-,8-,11-,17+/m0/s1. The zero-order chi connectivity index (χ0) is 19.0. The first kappa shape index (κ1) is 17.9. The molecule has 0 unspecified atom stereocenters. The van der Waals surface area contributed by atoms with Crippen molar-refractivity contribution in [2.24, 2.45) is 11.3 Å². The second kappa shape index (κ2) is 5.51. The summed E-state index contributed by atoms with van der Waals surface area (Å²) in [6, 6.07) is 0.940. The van der Waals surface area contributed by atoms with Crippen molar-refractivity contribution in [3.8, 4) is 0 Å². The number of amides is 1. The molecule has 9 heteroatoms. The third-order valence-corrected chi connectivity index (χ3v) is 7.59. The summed E-state index contributed by atoms with van der Waals surface area (Å²) in [4.78, 5) is 33.2. The Hall–Kier alpha value is -1.48. The van der Waals surface area contributed by atoms with Crippen LogP contribution in [-0.2, 0) is 0 Å². The van der Waals surface area contributed by atoms with E-state index in [1.165, 1.54) is 16.2 Å². The minimum absolute atomic E-state index is 0.181. The Kier molecular flexibility index (Phi) is 3.80. The summed E-state index contributed by atoms with van der Waals surface area (Å²) in [5.41, 5.74) is -1.08. The highest BCUT2D eigenvalue weighted by molar-refractivity contribution is 9.11. The normalized spacial score (nSPS) is 31.1. The van der Waals surface area contributed by atoms with Crippen LogP contribution in [-0.4, -0.2) is 37.8 Å². The Morgan fingerprint density at radius 3 is 2.81 bits per heavy atom. The van der Waals surface area contributed by atoms with Crippen molar-refractivity contribution < 1.29 is 14.3 Å².